The van der Waals surface area contributed by atoms with E-state index in [2.05, 4.69) is 15.2 Å². The first-order valence-corrected chi connectivity index (χ1v) is 10.3. The van der Waals surface area contributed by atoms with E-state index in [0.29, 0.717) is 10.5 Å². The summed E-state index contributed by atoms with van der Waals surface area (Å²) in [4.78, 5) is 6.92. The number of hydrogen-bond acceptors (Lipinski definition) is 5. The molecule has 0 radical (unpaired) electrons. The van der Waals surface area contributed by atoms with Gasteiger partial charge in [-0.25, -0.2) is 13.4 Å². The van der Waals surface area contributed by atoms with Crippen molar-refractivity contribution in [3.63, 3.8) is 0 Å². The molecule has 1 fully saturated rings. The fourth-order valence-corrected chi connectivity index (χ4v) is 4.68. The van der Waals surface area contributed by atoms with Crippen LogP contribution in [0.15, 0.2) is 64.5 Å². The molecule has 2 heterocycles. The molecule has 0 unspecified atom stereocenters. The molecular formula is C19H19Cl2N3O2S. The number of aromatic nitrogens is 1. The average Bonchev–Trinajstić information content (AvgIpc) is 2.69. The standard InChI is InChI=1S/C19H18ClN3O2S.ClH/c20-16-8-6-14-7-9-17(26(24,25)15-4-2-1-3-5-15)22-18(14)19(16)23-12-10-21-11-13-23;/h1-9,21H,10-13H2;1H. The van der Waals surface area contributed by atoms with Crippen LogP contribution < -0.4 is 10.2 Å². The molecule has 142 valence electrons. The molecule has 1 N–H and O–H groups in total. The number of hydrogen-bond donors (Lipinski definition) is 1. The number of sulfone groups is 1. The zero-order valence-corrected chi connectivity index (χ0v) is 16.8. The van der Waals surface area contributed by atoms with Gasteiger partial charge in [0.1, 0.15) is 0 Å². The van der Waals surface area contributed by atoms with Crippen LogP contribution in [0.2, 0.25) is 5.02 Å². The van der Waals surface area contributed by atoms with Crippen LogP contribution in [-0.4, -0.2) is 39.6 Å². The lowest BCUT2D eigenvalue weighted by Gasteiger charge is -2.30. The molecule has 5 nitrogen and oxygen atoms in total. The van der Waals surface area contributed by atoms with E-state index < -0.39 is 9.84 Å². The molecule has 1 aliphatic heterocycles. The van der Waals surface area contributed by atoms with Gasteiger partial charge in [0.05, 0.1) is 21.1 Å². The fraction of sp³-hybridized carbons (Fsp3) is 0.211. The summed E-state index contributed by atoms with van der Waals surface area (Å²) in [5.74, 6) is 0. The Morgan fingerprint density at radius 2 is 1.63 bits per heavy atom. The van der Waals surface area contributed by atoms with Gasteiger partial charge in [0.15, 0.2) is 5.03 Å². The molecule has 0 atom stereocenters. The summed E-state index contributed by atoms with van der Waals surface area (Å²) in [7, 11) is -3.68. The second-order valence-corrected chi connectivity index (χ2v) is 8.47. The number of pyridine rings is 1. The van der Waals surface area contributed by atoms with Crippen LogP contribution in [0.5, 0.6) is 0 Å². The molecule has 0 saturated carbocycles. The van der Waals surface area contributed by atoms with Crippen molar-refractivity contribution in [2.75, 3.05) is 31.1 Å². The highest BCUT2D eigenvalue weighted by atomic mass is 35.5. The van der Waals surface area contributed by atoms with Crippen molar-refractivity contribution in [3.05, 3.63) is 59.6 Å². The fourth-order valence-electron chi connectivity index (χ4n) is 3.19. The highest BCUT2D eigenvalue weighted by molar-refractivity contribution is 7.91. The lowest BCUT2D eigenvalue weighted by Crippen LogP contribution is -2.43. The maximum atomic E-state index is 12.9. The zero-order valence-electron chi connectivity index (χ0n) is 14.4. The Hall–Kier alpha value is -1.86. The molecule has 27 heavy (non-hydrogen) atoms. The minimum absolute atomic E-state index is 0. The van der Waals surface area contributed by atoms with Crippen LogP contribution in [0.4, 0.5) is 5.69 Å². The Bertz CT molecular complexity index is 1050. The molecule has 8 heteroatoms. The minimum Gasteiger partial charge on any atom is -0.366 e. The molecular weight excluding hydrogens is 405 g/mol. The first kappa shape index (κ1) is 19.9. The van der Waals surface area contributed by atoms with Gasteiger partial charge in [-0.05, 0) is 30.3 Å². The Kier molecular flexibility index (Phi) is 5.91. The number of fused-ring (bicyclic) bond motifs is 1. The van der Waals surface area contributed by atoms with E-state index >= 15 is 0 Å². The van der Waals surface area contributed by atoms with Crippen molar-refractivity contribution in [2.24, 2.45) is 0 Å². The summed E-state index contributed by atoms with van der Waals surface area (Å²) in [5.41, 5.74) is 1.42. The third-order valence-electron chi connectivity index (χ3n) is 4.52. The number of rotatable bonds is 3. The van der Waals surface area contributed by atoms with E-state index in [9.17, 15) is 8.42 Å². The van der Waals surface area contributed by atoms with Crippen molar-refractivity contribution < 1.29 is 8.42 Å². The van der Waals surface area contributed by atoms with E-state index in [1.807, 2.05) is 12.1 Å². The van der Waals surface area contributed by atoms with Gasteiger partial charge in [-0.2, -0.15) is 0 Å². The molecule has 1 aromatic heterocycles. The third kappa shape index (κ3) is 3.75. The van der Waals surface area contributed by atoms with Crippen molar-refractivity contribution in [1.29, 1.82) is 0 Å². The third-order valence-corrected chi connectivity index (χ3v) is 6.50. The monoisotopic (exact) mass is 423 g/mol. The number of halogens is 2. The van der Waals surface area contributed by atoms with Gasteiger partial charge in [0.25, 0.3) is 0 Å². The normalized spacial score (nSPS) is 14.8. The summed E-state index contributed by atoms with van der Waals surface area (Å²) >= 11 is 6.47. The average molecular weight is 424 g/mol. The summed E-state index contributed by atoms with van der Waals surface area (Å²) in [5, 5.41) is 4.80. The lowest BCUT2D eigenvalue weighted by molar-refractivity contribution is 0.589. The first-order chi connectivity index (χ1) is 12.6. The predicted molar refractivity (Wildman–Crippen MR) is 111 cm³/mol. The Morgan fingerprint density at radius 1 is 0.963 bits per heavy atom. The molecule has 0 aliphatic carbocycles. The van der Waals surface area contributed by atoms with E-state index in [4.69, 9.17) is 11.6 Å². The maximum absolute atomic E-state index is 12.9. The number of anilines is 1. The molecule has 3 aromatic rings. The number of piperazine rings is 1. The summed E-state index contributed by atoms with van der Waals surface area (Å²) < 4.78 is 25.9. The van der Waals surface area contributed by atoms with Crippen LogP contribution in [0.3, 0.4) is 0 Å². The number of nitrogens with one attached hydrogen (secondary N) is 1. The van der Waals surface area contributed by atoms with Crippen LogP contribution in [-0.2, 0) is 9.84 Å². The highest BCUT2D eigenvalue weighted by Gasteiger charge is 2.22. The van der Waals surface area contributed by atoms with Crippen molar-refractivity contribution in [2.45, 2.75) is 9.92 Å². The largest absolute Gasteiger partial charge is 0.366 e. The summed E-state index contributed by atoms with van der Waals surface area (Å²) in [6, 6.07) is 15.4. The van der Waals surface area contributed by atoms with Crippen LogP contribution >= 0.6 is 24.0 Å². The van der Waals surface area contributed by atoms with Gasteiger partial charge >= 0.3 is 0 Å². The Labute approximate surface area is 169 Å². The number of nitrogens with zero attached hydrogens (tertiary/aromatic N) is 2. The van der Waals surface area contributed by atoms with Gasteiger partial charge < -0.3 is 10.2 Å². The Morgan fingerprint density at radius 3 is 2.33 bits per heavy atom. The molecule has 4 rings (SSSR count). The number of benzene rings is 2. The lowest BCUT2D eigenvalue weighted by atomic mass is 10.1. The van der Waals surface area contributed by atoms with Crippen LogP contribution in [0, 0.1) is 0 Å². The maximum Gasteiger partial charge on any atom is 0.223 e. The summed E-state index contributed by atoms with van der Waals surface area (Å²) in [6.07, 6.45) is 0. The molecule has 0 bridgehead atoms. The minimum atomic E-state index is -3.68. The SMILES string of the molecule is Cl.O=S(=O)(c1ccccc1)c1ccc2ccc(Cl)c(N3CCNCC3)c2n1. The molecule has 2 aromatic carbocycles. The molecule has 1 saturated heterocycles. The predicted octanol–water partition coefficient (Wildman–Crippen LogP) is 3.55. The van der Waals surface area contributed by atoms with Gasteiger partial charge in [-0.15, -0.1) is 12.4 Å². The van der Waals surface area contributed by atoms with Gasteiger partial charge in [-0.1, -0.05) is 35.9 Å². The van der Waals surface area contributed by atoms with Gasteiger partial charge in [0.2, 0.25) is 9.84 Å². The smallest absolute Gasteiger partial charge is 0.223 e. The first-order valence-electron chi connectivity index (χ1n) is 8.42. The highest BCUT2D eigenvalue weighted by Crippen LogP contribution is 2.34. The van der Waals surface area contributed by atoms with Crippen molar-refractivity contribution >= 4 is 50.4 Å². The van der Waals surface area contributed by atoms with E-state index in [0.717, 1.165) is 37.3 Å². The van der Waals surface area contributed by atoms with Crippen LogP contribution in [0.1, 0.15) is 0 Å². The van der Waals surface area contributed by atoms with Crippen molar-refractivity contribution in [1.82, 2.24) is 10.3 Å². The zero-order chi connectivity index (χ0) is 18.1. The van der Waals surface area contributed by atoms with E-state index in [-0.39, 0.29) is 22.3 Å². The molecule has 1 aliphatic rings. The van der Waals surface area contributed by atoms with Gasteiger partial charge in [-0.3, -0.25) is 0 Å². The second kappa shape index (κ2) is 8.02. The second-order valence-electron chi connectivity index (χ2n) is 6.17. The molecule has 0 amide bonds. The summed E-state index contributed by atoms with van der Waals surface area (Å²) in [6.45, 7) is 3.32. The van der Waals surface area contributed by atoms with E-state index in [1.54, 1.807) is 42.5 Å². The molecule has 0 spiro atoms. The Balaban J connectivity index is 0.00000210. The van der Waals surface area contributed by atoms with Crippen molar-refractivity contribution in [3.8, 4) is 0 Å². The quantitative estimate of drug-likeness (QED) is 0.697. The van der Waals surface area contributed by atoms with Gasteiger partial charge in [0, 0.05) is 31.6 Å². The van der Waals surface area contributed by atoms with Crippen LogP contribution in [0.25, 0.3) is 10.9 Å². The van der Waals surface area contributed by atoms with E-state index in [1.165, 1.54) is 0 Å². The topological polar surface area (TPSA) is 62.3 Å².